The molecular weight excluding hydrogens is 292 g/mol. The summed E-state index contributed by atoms with van der Waals surface area (Å²) in [6.07, 6.45) is 1.74. The lowest BCUT2D eigenvalue weighted by Crippen LogP contribution is -2.28. The molecule has 0 atom stereocenters. The summed E-state index contributed by atoms with van der Waals surface area (Å²) in [7, 11) is 1.56. The Morgan fingerprint density at radius 3 is 3.00 bits per heavy atom. The number of hydrogen-bond donors (Lipinski definition) is 0. The summed E-state index contributed by atoms with van der Waals surface area (Å²) in [5.74, 6) is -0.322. The van der Waals surface area contributed by atoms with Crippen molar-refractivity contribution in [2.24, 2.45) is 0 Å². The molecule has 0 N–H and O–H groups in total. The lowest BCUT2D eigenvalue weighted by atomic mass is 10.2. The van der Waals surface area contributed by atoms with Crippen molar-refractivity contribution >= 4 is 16.8 Å². The molecule has 0 bridgehead atoms. The standard InChI is InChI=1S/C16H14N6O/c1-11-15(16(23)21(2)9-7-17)19-20-22(11)13-5-6-14-12(10-13)4-3-8-18-14/h3-6,8,10H,9H2,1-2H3. The second-order valence-corrected chi connectivity index (χ2v) is 5.13. The number of benzene rings is 1. The molecule has 3 rings (SSSR count). The van der Waals surface area contributed by atoms with Crippen LogP contribution < -0.4 is 0 Å². The summed E-state index contributed by atoms with van der Waals surface area (Å²) in [5.41, 5.74) is 2.56. The van der Waals surface area contributed by atoms with E-state index < -0.39 is 0 Å². The number of rotatable bonds is 3. The van der Waals surface area contributed by atoms with E-state index >= 15 is 0 Å². The van der Waals surface area contributed by atoms with Gasteiger partial charge in [0.15, 0.2) is 5.69 Å². The molecule has 2 aromatic heterocycles. The van der Waals surface area contributed by atoms with Gasteiger partial charge < -0.3 is 4.90 Å². The zero-order valence-electron chi connectivity index (χ0n) is 12.8. The molecule has 0 radical (unpaired) electrons. The fourth-order valence-corrected chi connectivity index (χ4v) is 2.33. The minimum atomic E-state index is -0.322. The number of aromatic nitrogens is 4. The summed E-state index contributed by atoms with van der Waals surface area (Å²) < 4.78 is 1.61. The first-order chi connectivity index (χ1) is 11.1. The second kappa shape index (κ2) is 5.85. The molecule has 7 heteroatoms. The lowest BCUT2D eigenvalue weighted by Gasteiger charge is -2.11. The lowest BCUT2D eigenvalue weighted by molar-refractivity contribution is 0.0805. The van der Waals surface area contributed by atoms with Gasteiger partial charge in [0, 0.05) is 18.6 Å². The van der Waals surface area contributed by atoms with Crippen molar-refractivity contribution in [3.8, 4) is 11.8 Å². The molecule has 114 valence electrons. The first kappa shape index (κ1) is 14.7. The van der Waals surface area contributed by atoms with Gasteiger partial charge in [0.05, 0.1) is 23.0 Å². The maximum atomic E-state index is 12.3. The number of amides is 1. The third-order valence-electron chi connectivity index (χ3n) is 3.58. The minimum Gasteiger partial charge on any atom is -0.327 e. The van der Waals surface area contributed by atoms with E-state index in [0.717, 1.165) is 16.6 Å². The fraction of sp³-hybridized carbons (Fsp3) is 0.188. The summed E-state index contributed by atoms with van der Waals surface area (Å²) in [5, 5.41) is 17.7. The van der Waals surface area contributed by atoms with Gasteiger partial charge in [-0.1, -0.05) is 11.3 Å². The first-order valence-electron chi connectivity index (χ1n) is 7.01. The molecule has 0 aliphatic heterocycles. The number of nitriles is 1. The Balaban J connectivity index is 2.00. The molecule has 3 aromatic rings. The van der Waals surface area contributed by atoms with Crippen LogP contribution in [-0.4, -0.2) is 44.4 Å². The number of carbonyl (C=O) groups is 1. The number of pyridine rings is 1. The van der Waals surface area contributed by atoms with Crippen LogP contribution in [0.25, 0.3) is 16.6 Å². The Bertz CT molecular complexity index is 924. The highest BCUT2D eigenvalue weighted by atomic mass is 16.2. The van der Waals surface area contributed by atoms with Gasteiger partial charge in [-0.2, -0.15) is 5.26 Å². The zero-order valence-corrected chi connectivity index (χ0v) is 12.8. The van der Waals surface area contributed by atoms with Crippen LogP contribution in [0.4, 0.5) is 0 Å². The quantitative estimate of drug-likeness (QED) is 0.687. The van der Waals surface area contributed by atoms with Crippen molar-refractivity contribution in [1.82, 2.24) is 24.9 Å². The van der Waals surface area contributed by atoms with Gasteiger partial charge in [-0.25, -0.2) is 4.68 Å². The predicted octanol–water partition coefficient (Wildman–Crippen LogP) is 1.72. The van der Waals surface area contributed by atoms with Crippen LogP contribution in [-0.2, 0) is 0 Å². The molecule has 7 nitrogen and oxygen atoms in total. The molecule has 0 aliphatic rings. The smallest absolute Gasteiger partial charge is 0.276 e. The highest BCUT2D eigenvalue weighted by Gasteiger charge is 2.20. The molecular formula is C16H14N6O. The Morgan fingerprint density at radius 2 is 2.22 bits per heavy atom. The van der Waals surface area contributed by atoms with Gasteiger partial charge in [-0.3, -0.25) is 9.78 Å². The van der Waals surface area contributed by atoms with Crippen LogP contribution in [0.15, 0.2) is 36.5 Å². The Hall–Kier alpha value is -3.27. The van der Waals surface area contributed by atoms with Crippen molar-refractivity contribution in [1.29, 1.82) is 5.26 Å². The van der Waals surface area contributed by atoms with Crippen LogP contribution in [0.5, 0.6) is 0 Å². The third kappa shape index (κ3) is 2.62. The maximum absolute atomic E-state index is 12.3. The Kier molecular flexibility index (Phi) is 3.73. The minimum absolute atomic E-state index is 0.00672. The molecule has 1 amide bonds. The molecule has 0 fully saturated rings. The Labute approximate surface area is 132 Å². The Morgan fingerprint density at radius 1 is 1.39 bits per heavy atom. The molecule has 0 saturated carbocycles. The average molecular weight is 306 g/mol. The molecule has 0 spiro atoms. The van der Waals surface area contributed by atoms with E-state index in [1.54, 1.807) is 24.9 Å². The highest BCUT2D eigenvalue weighted by molar-refractivity contribution is 5.93. The van der Waals surface area contributed by atoms with Crippen LogP contribution in [0, 0.1) is 18.3 Å². The van der Waals surface area contributed by atoms with Gasteiger partial charge >= 0.3 is 0 Å². The van der Waals surface area contributed by atoms with Gasteiger partial charge in [0.25, 0.3) is 5.91 Å². The fourth-order valence-electron chi connectivity index (χ4n) is 2.33. The topological polar surface area (TPSA) is 87.7 Å². The van der Waals surface area contributed by atoms with Gasteiger partial charge in [-0.05, 0) is 31.2 Å². The van der Waals surface area contributed by atoms with Crippen molar-refractivity contribution in [2.45, 2.75) is 6.92 Å². The molecule has 0 saturated heterocycles. The van der Waals surface area contributed by atoms with Crippen molar-refractivity contribution in [3.05, 3.63) is 47.9 Å². The molecule has 23 heavy (non-hydrogen) atoms. The maximum Gasteiger partial charge on any atom is 0.276 e. The van der Waals surface area contributed by atoms with E-state index in [2.05, 4.69) is 15.3 Å². The monoisotopic (exact) mass is 306 g/mol. The van der Waals surface area contributed by atoms with Crippen LogP contribution in [0.3, 0.4) is 0 Å². The van der Waals surface area contributed by atoms with Crippen molar-refractivity contribution in [2.75, 3.05) is 13.6 Å². The van der Waals surface area contributed by atoms with E-state index in [1.807, 2.05) is 36.4 Å². The highest BCUT2D eigenvalue weighted by Crippen LogP contribution is 2.18. The van der Waals surface area contributed by atoms with E-state index in [9.17, 15) is 4.79 Å². The predicted molar refractivity (Wildman–Crippen MR) is 84.0 cm³/mol. The summed E-state index contributed by atoms with van der Waals surface area (Å²) in [4.78, 5) is 17.9. The number of hydrogen-bond acceptors (Lipinski definition) is 5. The number of fused-ring (bicyclic) bond motifs is 1. The van der Waals surface area contributed by atoms with E-state index in [-0.39, 0.29) is 18.1 Å². The van der Waals surface area contributed by atoms with Gasteiger partial charge in [-0.15, -0.1) is 5.10 Å². The molecule has 2 heterocycles. The molecule has 1 aromatic carbocycles. The van der Waals surface area contributed by atoms with Crippen LogP contribution in [0.2, 0.25) is 0 Å². The molecule has 0 unspecified atom stereocenters. The van der Waals surface area contributed by atoms with Crippen LogP contribution >= 0.6 is 0 Å². The van der Waals surface area contributed by atoms with E-state index in [1.165, 1.54) is 4.90 Å². The van der Waals surface area contributed by atoms with Crippen molar-refractivity contribution in [3.63, 3.8) is 0 Å². The van der Waals surface area contributed by atoms with E-state index in [0.29, 0.717) is 5.69 Å². The summed E-state index contributed by atoms with van der Waals surface area (Å²) in [6.45, 7) is 1.79. The van der Waals surface area contributed by atoms with Crippen LogP contribution in [0.1, 0.15) is 16.2 Å². The largest absolute Gasteiger partial charge is 0.327 e. The number of carbonyl (C=O) groups excluding carboxylic acids is 1. The van der Waals surface area contributed by atoms with Crippen molar-refractivity contribution < 1.29 is 4.79 Å². The SMILES string of the molecule is Cc1c(C(=O)N(C)CC#N)nnn1-c1ccc2ncccc2c1. The normalized spacial score (nSPS) is 10.5. The number of nitrogens with zero attached hydrogens (tertiary/aromatic N) is 6. The first-order valence-corrected chi connectivity index (χ1v) is 7.01. The average Bonchev–Trinajstić information content (AvgIpc) is 2.95. The van der Waals surface area contributed by atoms with E-state index in [4.69, 9.17) is 5.26 Å². The third-order valence-corrected chi connectivity index (χ3v) is 3.58. The second-order valence-electron chi connectivity index (χ2n) is 5.13. The molecule has 0 aliphatic carbocycles. The van der Waals surface area contributed by atoms with Gasteiger partial charge in [0.1, 0.15) is 6.54 Å². The van der Waals surface area contributed by atoms with Gasteiger partial charge in [0.2, 0.25) is 0 Å². The summed E-state index contributed by atoms with van der Waals surface area (Å²) >= 11 is 0. The summed E-state index contributed by atoms with van der Waals surface area (Å²) in [6, 6.07) is 11.5. The zero-order chi connectivity index (χ0) is 16.4.